The minimum atomic E-state index is -0.303. The van der Waals surface area contributed by atoms with E-state index in [2.05, 4.69) is 15.3 Å². The van der Waals surface area contributed by atoms with E-state index in [1.54, 1.807) is 12.1 Å². The van der Waals surface area contributed by atoms with Gasteiger partial charge in [0.05, 0.1) is 5.69 Å². The van der Waals surface area contributed by atoms with E-state index in [4.69, 9.17) is 11.6 Å². The number of aromatic nitrogens is 2. The van der Waals surface area contributed by atoms with Gasteiger partial charge in [-0.15, -0.1) is 0 Å². The molecule has 1 N–H and O–H groups in total. The van der Waals surface area contributed by atoms with Crippen molar-refractivity contribution in [3.8, 4) is 0 Å². The molecule has 1 aromatic heterocycles. The van der Waals surface area contributed by atoms with E-state index in [0.29, 0.717) is 22.6 Å². The third kappa shape index (κ3) is 2.68. The molecule has 1 aliphatic rings. The van der Waals surface area contributed by atoms with Crippen LogP contribution >= 0.6 is 11.6 Å². The Kier molecular flexibility index (Phi) is 3.11. The zero-order valence-electron chi connectivity index (χ0n) is 10.5. The Labute approximate surface area is 115 Å². The lowest BCUT2D eigenvalue weighted by Crippen LogP contribution is -2.02. The average molecular weight is 278 g/mol. The van der Waals surface area contributed by atoms with Crippen molar-refractivity contribution in [2.75, 3.05) is 5.32 Å². The highest BCUT2D eigenvalue weighted by molar-refractivity contribution is 6.29. The Morgan fingerprint density at radius 3 is 2.79 bits per heavy atom. The molecule has 0 atom stereocenters. The van der Waals surface area contributed by atoms with Gasteiger partial charge in [0.25, 0.3) is 0 Å². The van der Waals surface area contributed by atoms with Crippen molar-refractivity contribution in [1.29, 1.82) is 0 Å². The first-order valence-electron chi connectivity index (χ1n) is 6.20. The van der Waals surface area contributed by atoms with Crippen LogP contribution in [0.25, 0.3) is 0 Å². The van der Waals surface area contributed by atoms with Gasteiger partial charge in [-0.2, -0.15) is 0 Å². The molecule has 0 saturated heterocycles. The quantitative estimate of drug-likeness (QED) is 0.855. The van der Waals surface area contributed by atoms with E-state index in [-0.39, 0.29) is 5.82 Å². The van der Waals surface area contributed by atoms with Crippen LogP contribution in [0.15, 0.2) is 24.3 Å². The van der Waals surface area contributed by atoms with Crippen molar-refractivity contribution in [1.82, 2.24) is 9.97 Å². The minimum Gasteiger partial charge on any atom is -0.337 e. The van der Waals surface area contributed by atoms with Crippen LogP contribution in [0.5, 0.6) is 0 Å². The molecule has 0 amide bonds. The highest BCUT2D eigenvalue weighted by Crippen LogP contribution is 2.39. The van der Waals surface area contributed by atoms with E-state index >= 15 is 0 Å². The molecule has 0 spiro atoms. The fraction of sp³-hybridized carbons (Fsp3) is 0.286. The predicted octanol–water partition coefficient (Wildman–Crippen LogP) is 4.20. The molecule has 98 valence electrons. The van der Waals surface area contributed by atoms with Crippen molar-refractivity contribution in [3.05, 3.63) is 46.6 Å². The summed E-state index contributed by atoms with van der Waals surface area (Å²) in [5, 5.41) is 3.38. The third-order valence-electron chi connectivity index (χ3n) is 3.13. The lowest BCUT2D eigenvalue weighted by molar-refractivity contribution is 0.630. The molecule has 1 heterocycles. The summed E-state index contributed by atoms with van der Waals surface area (Å²) in [6.45, 7) is 1.84. The predicted molar refractivity (Wildman–Crippen MR) is 73.4 cm³/mol. The zero-order valence-corrected chi connectivity index (χ0v) is 11.2. The van der Waals surface area contributed by atoms with Gasteiger partial charge in [-0.05, 0) is 31.4 Å². The molecule has 1 aromatic carbocycles. The van der Waals surface area contributed by atoms with Gasteiger partial charge in [0, 0.05) is 12.0 Å². The van der Waals surface area contributed by atoms with E-state index in [1.165, 1.54) is 6.07 Å². The van der Waals surface area contributed by atoms with Gasteiger partial charge >= 0.3 is 0 Å². The highest BCUT2D eigenvalue weighted by Gasteiger charge is 2.27. The van der Waals surface area contributed by atoms with Crippen molar-refractivity contribution in [3.63, 3.8) is 0 Å². The van der Waals surface area contributed by atoms with Gasteiger partial charge in [-0.3, -0.25) is 0 Å². The van der Waals surface area contributed by atoms with Crippen molar-refractivity contribution in [2.45, 2.75) is 25.7 Å². The SMILES string of the molecule is Cc1cccc(F)c1Nc1cc(Cl)nc(C2CC2)n1. The molecule has 0 aliphatic heterocycles. The standard InChI is InChI=1S/C14H13ClFN3/c1-8-3-2-4-10(16)13(8)18-12-7-11(15)17-14(19-12)9-5-6-9/h2-4,7,9H,5-6H2,1H3,(H,17,18,19). The highest BCUT2D eigenvalue weighted by atomic mass is 35.5. The van der Waals surface area contributed by atoms with E-state index in [0.717, 1.165) is 24.2 Å². The topological polar surface area (TPSA) is 37.8 Å². The van der Waals surface area contributed by atoms with Crippen molar-refractivity contribution in [2.24, 2.45) is 0 Å². The molecule has 2 aromatic rings. The Morgan fingerprint density at radius 2 is 2.11 bits per heavy atom. The first-order chi connectivity index (χ1) is 9.13. The first kappa shape index (κ1) is 12.4. The van der Waals surface area contributed by atoms with E-state index < -0.39 is 0 Å². The van der Waals surface area contributed by atoms with Crippen LogP contribution in [0.4, 0.5) is 15.9 Å². The molecule has 19 heavy (non-hydrogen) atoms. The Balaban J connectivity index is 1.94. The largest absolute Gasteiger partial charge is 0.337 e. The summed E-state index contributed by atoms with van der Waals surface area (Å²) < 4.78 is 13.8. The Bertz CT molecular complexity index is 606. The summed E-state index contributed by atoms with van der Waals surface area (Å²) >= 11 is 5.98. The van der Waals surface area contributed by atoms with Gasteiger partial charge in [0.15, 0.2) is 0 Å². The molecule has 3 nitrogen and oxygen atoms in total. The summed E-state index contributed by atoms with van der Waals surface area (Å²) in [5.74, 6) is 1.38. The average Bonchev–Trinajstić information content (AvgIpc) is 3.17. The summed E-state index contributed by atoms with van der Waals surface area (Å²) in [4.78, 5) is 8.60. The molecular weight excluding hydrogens is 265 g/mol. The van der Waals surface area contributed by atoms with Crippen molar-refractivity contribution < 1.29 is 4.39 Å². The number of benzene rings is 1. The molecule has 1 aliphatic carbocycles. The smallest absolute Gasteiger partial charge is 0.146 e. The minimum absolute atomic E-state index is 0.303. The number of halogens is 2. The molecule has 1 fully saturated rings. The molecule has 1 saturated carbocycles. The fourth-order valence-electron chi connectivity index (χ4n) is 1.94. The number of nitrogens with one attached hydrogen (secondary N) is 1. The summed E-state index contributed by atoms with van der Waals surface area (Å²) in [6, 6.07) is 6.55. The van der Waals surface area contributed by atoms with Crippen LogP contribution in [0.2, 0.25) is 5.15 Å². The van der Waals surface area contributed by atoms with Gasteiger partial charge < -0.3 is 5.32 Å². The second-order valence-corrected chi connectivity index (χ2v) is 5.15. The maximum atomic E-state index is 13.8. The van der Waals surface area contributed by atoms with Gasteiger partial charge in [-0.1, -0.05) is 23.7 Å². The van der Waals surface area contributed by atoms with E-state index in [1.807, 2.05) is 13.0 Å². The monoisotopic (exact) mass is 277 g/mol. The summed E-state index contributed by atoms with van der Waals surface area (Å²) in [7, 11) is 0. The lowest BCUT2D eigenvalue weighted by Gasteiger charge is -2.11. The molecule has 5 heteroatoms. The zero-order chi connectivity index (χ0) is 13.4. The molecule has 0 radical (unpaired) electrons. The number of hydrogen-bond acceptors (Lipinski definition) is 3. The summed E-state index contributed by atoms with van der Waals surface area (Å²) in [6.07, 6.45) is 2.19. The summed E-state index contributed by atoms with van der Waals surface area (Å²) in [5.41, 5.74) is 1.25. The second kappa shape index (κ2) is 4.78. The fourth-order valence-corrected chi connectivity index (χ4v) is 2.13. The van der Waals surface area contributed by atoms with Crippen LogP contribution in [0, 0.1) is 12.7 Å². The Hall–Kier alpha value is -1.68. The lowest BCUT2D eigenvalue weighted by atomic mass is 10.2. The third-order valence-corrected chi connectivity index (χ3v) is 3.32. The number of anilines is 2. The number of nitrogens with zero attached hydrogens (tertiary/aromatic N) is 2. The van der Waals surface area contributed by atoms with Crippen LogP contribution in [0.3, 0.4) is 0 Å². The van der Waals surface area contributed by atoms with E-state index in [9.17, 15) is 4.39 Å². The second-order valence-electron chi connectivity index (χ2n) is 4.77. The van der Waals surface area contributed by atoms with Crippen LogP contribution in [-0.2, 0) is 0 Å². The normalized spacial score (nSPS) is 14.5. The van der Waals surface area contributed by atoms with Gasteiger partial charge in [-0.25, -0.2) is 14.4 Å². The number of para-hydroxylation sites is 1. The Morgan fingerprint density at radius 1 is 1.32 bits per heavy atom. The molecular formula is C14H13ClFN3. The van der Waals surface area contributed by atoms with Crippen molar-refractivity contribution >= 4 is 23.1 Å². The maximum absolute atomic E-state index is 13.8. The van der Waals surface area contributed by atoms with Crippen LogP contribution in [-0.4, -0.2) is 9.97 Å². The van der Waals surface area contributed by atoms with Crippen LogP contribution in [0.1, 0.15) is 30.1 Å². The number of rotatable bonds is 3. The first-order valence-corrected chi connectivity index (χ1v) is 6.58. The van der Waals surface area contributed by atoms with Gasteiger partial charge in [0.2, 0.25) is 0 Å². The van der Waals surface area contributed by atoms with Crippen LogP contribution < -0.4 is 5.32 Å². The number of aryl methyl sites for hydroxylation is 1. The molecule has 3 rings (SSSR count). The van der Waals surface area contributed by atoms with Gasteiger partial charge in [0.1, 0.15) is 22.6 Å². The molecule has 0 unspecified atom stereocenters. The maximum Gasteiger partial charge on any atom is 0.146 e. The number of hydrogen-bond donors (Lipinski definition) is 1. The molecule has 0 bridgehead atoms.